The zero-order valence-corrected chi connectivity index (χ0v) is 8.41. The van der Waals surface area contributed by atoms with E-state index in [4.69, 9.17) is 0 Å². The lowest BCUT2D eigenvalue weighted by atomic mass is 10.2. The molecule has 0 N–H and O–H groups in total. The summed E-state index contributed by atoms with van der Waals surface area (Å²) in [5, 5.41) is 0. The number of benzene rings is 1. The Hall–Kier alpha value is -1.16. The maximum atomic E-state index is 10.0. The minimum Gasteiger partial charge on any atom is -0.298 e. The Morgan fingerprint density at radius 1 is 1.08 bits per heavy atom. The van der Waals surface area contributed by atoms with E-state index in [0.29, 0.717) is 0 Å². The summed E-state index contributed by atoms with van der Waals surface area (Å²) in [5.74, 6) is 0. The lowest BCUT2D eigenvalue weighted by Gasteiger charge is -1.81. The van der Waals surface area contributed by atoms with Gasteiger partial charge in [0.15, 0.2) is 0 Å². The van der Waals surface area contributed by atoms with Gasteiger partial charge in [0, 0.05) is 18.1 Å². The molecule has 0 saturated heterocycles. The van der Waals surface area contributed by atoms with Crippen LogP contribution in [0.1, 0.15) is 10.4 Å². The second-order valence-corrected chi connectivity index (χ2v) is 4.96. The van der Waals surface area contributed by atoms with Crippen molar-refractivity contribution >= 4 is 16.1 Å². The number of carbonyl (C=O) groups is 1. The van der Waals surface area contributed by atoms with Crippen LogP contribution in [0.5, 0.6) is 0 Å². The first-order valence-electron chi connectivity index (χ1n) is 3.58. The van der Waals surface area contributed by atoms with E-state index in [-0.39, 0.29) is 0 Å². The van der Waals surface area contributed by atoms with Gasteiger partial charge in [-0.1, -0.05) is 30.3 Å². The molecule has 3 nitrogen and oxygen atoms in total. The van der Waals surface area contributed by atoms with Crippen LogP contribution in [0.2, 0.25) is 0 Å². The van der Waals surface area contributed by atoms with E-state index in [1.54, 1.807) is 12.1 Å². The molecule has 0 aliphatic rings. The molecular formula is C9H12O3S. The van der Waals surface area contributed by atoms with Crippen LogP contribution < -0.4 is 0 Å². The van der Waals surface area contributed by atoms with E-state index in [1.165, 1.54) is 0 Å². The molecular weight excluding hydrogens is 188 g/mol. The fourth-order valence-corrected chi connectivity index (χ4v) is 0.532. The number of rotatable bonds is 1. The predicted octanol–water partition coefficient (Wildman–Crippen LogP) is 1.16. The van der Waals surface area contributed by atoms with Gasteiger partial charge in [-0.05, 0) is 0 Å². The van der Waals surface area contributed by atoms with Gasteiger partial charge in [-0.2, -0.15) is 0 Å². The Morgan fingerprint density at radius 3 is 1.69 bits per heavy atom. The Labute approximate surface area is 78.3 Å². The molecule has 0 spiro atoms. The Bertz CT molecular complexity index is 332. The number of aldehydes is 1. The molecule has 0 saturated carbocycles. The first kappa shape index (κ1) is 11.8. The molecule has 0 atom stereocenters. The molecule has 1 rings (SSSR count). The zero-order chi connectivity index (χ0) is 10.3. The minimum atomic E-state index is -2.67. The van der Waals surface area contributed by atoms with Crippen LogP contribution in [-0.4, -0.2) is 27.2 Å². The van der Waals surface area contributed by atoms with E-state index < -0.39 is 9.84 Å². The summed E-state index contributed by atoms with van der Waals surface area (Å²) in [6.45, 7) is 0. The van der Waals surface area contributed by atoms with Crippen LogP contribution in [0, 0.1) is 0 Å². The van der Waals surface area contributed by atoms with Crippen molar-refractivity contribution in [2.45, 2.75) is 0 Å². The van der Waals surface area contributed by atoms with Crippen LogP contribution in [-0.2, 0) is 9.84 Å². The van der Waals surface area contributed by atoms with Gasteiger partial charge < -0.3 is 0 Å². The van der Waals surface area contributed by atoms with Crippen molar-refractivity contribution in [3.63, 3.8) is 0 Å². The summed E-state index contributed by atoms with van der Waals surface area (Å²) in [6.07, 6.45) is 3.15. The van der Waals surface area contributed by atoms with Gasteiger partial charge in [0.25, 0.3) is 0 Å². The highest BCUT2D eigenvalue weighted by molar-refractivity contribution is 7.89. The topological polar surface area (TPSA) is 51.2 Å². The molecule has 4 heteroatoms. The summed E-state index contributed by atoms with van der Waals surface area (Å²) in [4.78, 5) is 10.0. The number of hydrogen-bond donors (Lipinski definition) is 0. The van der Waals surface area contributed by atoms with Crippen LogP contribution in [0.3, 0.4) is 0 Å². The van der Waals surface area contributed by atoms with Crippen LogP contribution >= 0.6 is 0 Å². The molecule has 0 fully saturated rings. The second kappa shape index (κ2) is 5.48. The molecule has 72 valence electrons. The van der Waals surface area contributed by atoms with Crippen molar-refractivity contribution in [3.05, 3.63) is 35.9 Å². The predicted molar refractivity (Wildman–Crippen MR) is 52.6 cm³/mol. The van der Waals surface area contributed by atoms with Gasteiger partial charge in [-0.15, -0.1) is 0 Å². The Morgan fingerprint density at radius 2 is 1.46 bits per heavy atom. The van der Waals surface area contributed by atoms with Crippen LogP contribution in [0.15, 0.2) is 30.3 Å². The van der Waals surface area contributed by atoms with Crippen LogP contribution in [0.25, 0.3) is 0 Å². The Kier molecular flexibility index (Phi) is 4.99. The monoisotopic (exact) mass is 200 g/mol. The molecule has 0 radical (unpaired) electrons. The molecule has 0 unspecified atom stereocenters. The molecule has 0 amide bonds. The van der Waals surface area contributed by atoms with E-state index in [1.807, 2.05) is 18.2 Å². The quantitative estimate of drug-likeness (QED) is 0.639. The SMILES string of the molecule is CS(C)(=O)=O.O=Cc1ccccc1. The van der Waals surface area contributed by atoms with Gasteiger partial charge in [0.1, 0.15) is 16.1 Å². The van der Waals surface area contributed by atoms with Gasteiger partial charge >= 0.3 is 0 Å². The summed E-state index contributed by atoms with van der Waals surface area (Å²) in [7, 11) is -2.67. The summed E-state index contributed by atoms with van der Waals surface area (Å²) >= 11 is 0. The highest BCUT2D eigenvalue weighted by Crippen LogP contribution is 1.91. The maximum Gasteiger partial charge on any atom is 0.150 e. The molecule has 0 aliphatic heterocycles. The average Bonchev–Trinajstić information content (AvgIpc) is 2.03. The average molecular weight is 200 g/mol. The first-order chi connectivity index (χ1) is 5.93. The van der Waals surface area contributed by atoms with E-state index in [9.17, 15) is 13.2 Å². The smallest absolute Gasteiger partial charge is 0.150 e. The largest absolute Gasteiger partial charge is 0.298 e. The number of carbonyl (C=O) groups excluding carboxylic acids is 1. The standard InChI is InChI=1S/C7H6O.C2H6O2S/c8-6-7-4-2-1-3-5-7;1-5(2,3)4/h1-6H;1-2H3. The fourth-order valence-electron chi connectivity index (χ4n) is 0.532. The van der Waals surface area contributed by atoms with Crippen molar-refractivity contribution in [2.75, 3.05) is 12.5 Å². The number of sulfone groups is 1. The molecule has 13 heavy (non-hydrogen) atoms. The van der Waals surface area contributed by atoms with Gasteiger partial charge in [-0.3, -0.25) is 4.79 Å². The summed E-state index contributed by atoms with van der Waals surface area (Å²) < 4.78 is 19.3. The van der Waals surface area contributed by atoms with Crippen molar-refractivity contribution in [2.24, 2.45) is 0 Å². The maximum absolute atomic E-state index is 10.0. The molecule has 0 heterocycles. The molecule has 0 bridgehead atoms. The van der Waals surface area contributed by atoms with Gasteiger partial charge in [-0.25, -0.2) is 8.42 Å². The lowest BCUT2D eigenvalue weighted by molar-refractivity contribution is 0.112. The third-order valence-corrected chi connectivity index (χ3v) is 0.936. The first-order valence-corrected chi connectivity index (χ1v) is 5.88. The molecule has 0 aliphatic carbocycles. The van der Waals surface area contributed by atoms with Crippen LogP contribution in [0.4, 0.5) is 0 Å². The molecule has 1 aromatic rings. The lowest BCUT2D eigenvalue weighted by Crippen LogP contribution is -1.86. The number of hydrogen-bond acceptors (Lipinski definition) is 3. The van der Waals surface area contributed by atoms with E-state index >= 15 is 0 Å². The van der Waals surface area contributed by atoms with E-state index in [2.05, 4.69) is 0 Å². The van der Waals surface area contributed by atoms with E-state index in [0.717, 1.165) is 24.4 Å². The highest BCUT2D eigenvalue weighted by Gasteiger charge is 1.80. The van der Waals surface area contributed by atoms with Crippen molar-refractivity contribution < 1.29 is 13.2 Å². The zero-order valence-electron chi connectivity index (χ0n) is 7.60. The normalized spacial score (nSPS) is 9.69. The summed E-state index contributed by atoms with van der Waals surface area (Å²) in [6, 6.07) is 9.10. The Balaban J connectivity index is 0.000000252. The van der Waals surface area contributed by atoms with Crippen molar-refractivity contribution in [1.29, 1.82) is 0 Å². The summed E-state index contributed by atoms with van der Waals surface area (Å²) in [5.41, 5.74) is 0.729. The molecule has 1 aromatic carbocycles. The van der Waals surface area contributed by atoms with Crippen molar-refractivity contribution in [1.82, 2.24) is 0 Å². The highest BCUT2D eigenvalue weighted by atomic mass is 32.2. The minimum absolute atomic E-state index is 0.729. The molecule has 0 aromatic heterocycles. The fraction of sp³-hybridized carbons (Fsp3) is 0.222. The third kappa shape index (κ3) is 10.8. The van der Waals surface area contributed by atoms with Gasteiger partial charge in [0.2, 0.25) is 0 Å². The second-order valence-electron chi connectivity index (χ2n) is 2.67. The third-order valence-electron chi connectivity index (χ3n) is 0.936. The van der Waals surface area contributed by atoms with Crippen molar-refractivity contribution in [3.8, 4) is 0 Å². The van der Waals surface area contributed by atoms with Gasteiger partial charge in [0.05, 0.1) is 0 Å².